The third-order valence-electron chi connectivity index (χ3n) is 3.53. The predicted octanol–water partition coefficient (Wildman–Crippen LogP) is 1.71. The van der Waals surface area contributed by atoms with Gasteiger partial charge in [0.15, 0.2) is 0 Å². The molecule has 4 nitrogen and oxygen atoms in total. The molecule has 1 aliphatic heterocycles. The van der Waals surface area contributed by atoms with Crippen molar-refractivity contribution in [3.05, 3.63) is 36.0 Å². The molecule has 1 aromatic heterocycles. The monoisotopic (exact) mass is 243 g/mol. The smallest absolute Gasteiger partial charge is 0.237 e. The van der Waals surface area contributed by atoms with Gasteiger partial charge in [0, 0.05) is 17.8 Å². The maximum absolute atomic E-state index is 11.6. The van der Waals surface area contributed by atoms with E-state index in [4.69, 9.17) is 0 Å². The maximum atomic E-state index is 11.6. The van der Waals surface area contributed by atoms with Crippen LogP contribution in [0.2, 0.25) is 0 Å². The zero-order valence-corrected chi connectivity index (χ0v) is 10.4. The van der Waals surface area contributed by atoms with E-state index in [0.29, 0.717) is 6.54 Å². The Morgan fingerprint density at radius 2 is 2.17 bits per heavy atom. The van der Waals surface area contributed by atoms with Crippen molar-refractivity contribution in [2.45, 2.75) is 25.4 Å². The van der Waals surface area contributed by atoms with Gasteiger partial charge in [-0.05, 0) is 23.9 Å². The van der Waals surface area contributed by atoms with E-state index in [1.165, 1.54) is 5.39 Å². The number of nitrogens with one attached hydrogen (secondary N) is 3. The average Bonchev–Trinajstić information content (AvgIpc) is 2.83. The third kappa shape index (κ3) is 1.88. The summed E-state index contributed by atoms with van der Waals surface area (Å²) in [7, 11) is 0. The topological polar surface area (TPSA) is 56.9 Å². The number of rotatable bonds is 2. The van der Waals surface area contributed by atoms with Crippen molar-refractivity contribution in [3.63, 3.8) is 0 Å². The molecule has 0 spiro atoms. The number of fused-ring (bicyclic) bond motifs is 1. The number of amides is 1. The number of aromatic amines is 1. The van der Waals surface area contributed by atoms with Crippen LogP contribution in [-0.2, 0) is 4.79 Å². The van der Waals surface area contributed by atoms with Gasteiger partial charge in [0.25, 0.3) is 0 Å². The van der Waals surface area contributed by atoms with Crippen LogP contribution in [0.1, 0.15) is 25.1 Å². The van der Waals surface area contributed by atoms with Crippen LogP contribution in [-0.4, -0.2) is 23.5 Å². The molecule has 0 saturated carbocycles. The fraction of sp³-hybridized carbons (Fsp3) is 0.357. The molecule has 3 rings (SSSR count). The molecule has 0 radical (unpaired) electrons. The van der Waals surface area contributed by atoms with Gasteiger partial charge in [0.2, 0.25) is 5.91 Å². The zero-order valence-electron chi connectivity index (χ0n) is 10.4. The molecule has 18 heavy (non-hydrogen) atoms. The predicted molar refractivity (Wildman–Crippen MR) is 71.3 cm³/mol. The van der Waals surface area contributed by atoms with Crippen molar-refractivity contribution in [3.8, 4) is 0 Å². The minimum atomic E-state index is -0.0878. The van der Waals surface area contributed by atoms with E-state index < -0.39 is 0 Å². The molecule has 2 heterocycles. The molecular formula is C14H17N3O. The van der Waals surface area contributed by atoms with Crippen LogP contribution in [0.25, 0.3) is 10.9 Å². The van der Waals surface area contributed by atoms with E-state index in [0.717, 1.165) is 17.6 Å². The summed E-state index contributed by atoms with van der Waals surface area (Å²) >= 11 is 0. The SMILES string of the molecule is CCC1NC(c2cc3ccccc3[nH]2)CNC1=O. The summed E-state index contributed by atoms with van der Waals surface area (Å²) in [6.07, 6.45) is 0.808. The normalized spacial score (nSPS) is 24.2. The summed E-state index contributed by atoms with van der Waals surface area (Å²) < 4.78 is 0. The summed E-state index contributed by atoms with van der Waals surface area (Å²) in [4.78, 5) is 15.0. The van der Waals surface area contributed by atoms with Gasteiger partial charge in [0.1, 0.15) is 0 Å². The first-order valence-corrected chi connectivity index (χ1v) is 6.39. The second kappa shape index (κ2) is 4.46. The molecule has 0 bridgehead atoms. The molecule has 1 aliphatic rings. The minimum Gasteiger partial charge on any atom is -0.357 e. The first kappa shape index (κ1) is 11.3. The van der Waals surface area contributed by atoms with Gasteiger partial charge >= 0.3 is 0 Å². The lowest BCUT2D eigenvalue weighted by Crippen LogP contribution is -2.54. The lowest BCUT2D eigenvalue weighted by molar-refractivity contribution is -0.125. The number of para-hydroxylation sites is 1. The molecule has 1 aromatic carbocycles. The van der Waals surface area contributed by atoms with Crippen LogP contribution in [0.5, 0.6) is 0 Å². The van der Waals surface area contributed by atoms with Crippen LogP contribution >= 0.6 is 0 Å². The van der Waals surface area contributed by atoms with Crippen LogP contribution in [0.3, 0.4) is 0 Å². The molecule has 0 aliphatic carbocycles. The summed E-state index contributed by atoms with van der Waals surface area (Å²) in [6.45, 7) is 2.66. The fourth-order valence-corrected chi connectivity index (χ4v) is 2.49. The highest BCUT2D eigenvalue weighted by molar-refractivity contribution is 5.83. The second-order valence-corrected chi connectivity index (χ2v) is 4.74. The molecule has 2 unspecified atom stereocenters. The molecule has 2 aromatic rings. The molecule has 4 heteroatoms. The van der Waals surface area contributed by atoms with Gasteiger partial charge < -0.3 is 10.3 Å². The van der Waals surface area contributed by atoms with Gasteiger partial charge in [0.05, 0.1) is 12.1 Å². The summed E-state index contributed by atoms with van der Waals surface area (Å²) in [5.74, 6) is 0.102. The molecule has 1 fully saturated rings. The fourth-order valence-electron chi connectivity index (χ4n) is 2.49. The van der Waals surface area contributed by atoms with E-state index in [2.05, 4.69) is 33.8 Å². The second-order valence-electron chi connectivity index (χ2n) is 4.74. The Kier molecular flexibility index (Phi) is 2.80. The Bertz CT molecular complexity index is 542. The molecule has 1 saturated heterocycles. The summed E-state index contributed by atoms with van der Waals surface area (Å²) in [5.41, 5.74) is 2.27. The molecule has 3 N–H and O–H groups in total. The van der Waals surface area contributed by atoms with Gasteiger partial charge in [-0.25, -0.2) is 0 Å². The van der Waals surface area contributed by atoms with Crippen LogP contribution in [0, 0.1) is 0 Å². The highest BCUT2D eigenvalue weighted by Gasteiger charge is 2.27. The van der Waals surface area contributed by atoms with E-state index in [1.54, 1.807) is 0 Å². The number of piperazine rings is 1. The van der Waals surface area contributed by atoms with Crippen molar-refractivity contribution in [1.82, 2.24) is 15.6 Å². The highest BCUT2D eigenvalue weighted by Crippen LogP contribution is 2.21. The lowest BCUT2D eigenvalue weighted by atomic mass is 10.1. The van der Waals surface area contributed by atoms with Gasteiger partial charge in [-0.3, -0.25) is 10.1 Å². The molecule has 1 amide bonds. The standard InChI is InChI=1S/C14H17N3O/c1-2-10-14(18)15-8-13(16-10)12-7-9-5-3-4-6-11(9)17-12/h3-7,10,13,16-17H,2,8H2,1H3,(H,15,18). The number of hydrogen-bond acceptors (Lipinski definition) is 2. The lowest BCUT2D eigenvalue weighted by Gasteiger charge is -2.29. The zero-order chi connectivity index (χ0) is 12.5. The van der Waals surface area contributed by atoms with Gasteiger partial charge in [-0.15, -0.1) is 0 Å². The number of carbonyl (C=O) groups excluding carboxylic acids is 1. The Labute approximate surface area is 106 Å². The number of aromatic nitrogens is 1. The molecule has 2 atom stereocenters. The van der Waals surface area contributed by atoms with Crippen molar-refractivity contribution >= 4 is 16.8 Å². The van der Waals surface area contributed by atoms with Crippen LogP contribution in [0.15, 0.2) is 30.3 Å². The quantitative estimate of drug-likeness (QED) is 0.752. The first-order chi connectivity index (χ1) is 8.78. The Balaban J connectivity index is 1.88. The Hall–Kier alpha value is -1.81. The number of H-pyrrole nitrogens is 1. The van der Waals surface area contributed by atoms with E-state index in [1.807, 2.05) is 19.1 Å². The Morgan fingerprint density at radius 1 is 1.33 bits per heavy atom. The van der Waals surface area contributed by atoms with Crippen molar-refractivity contribution in [2.75, 3.05) is 6.54 Å². The van der Waals surface area contributed by atoms with Crippen LogP contribution < -0.4 is 10.6 Å². The van der Waals surface area contributed by atoms with E-state index in [-0.39, 0.29) is 18.0 Å². The van der Waals surface area contributed by atoms with E-state index >= 15 is 0 Å². The number of hydrogen-bond donors (Lipinski definition) is 3. The van der Waals surface area contributed by atoms with Gasteiger partial charge in [-0.1, -0.05) is 25.1 Å². The van der Waals surface area contributed by atoms with Crippen molar-refractivity contribution < 1.29 is 4.79 Å². The van der Waals surface area contributed by atoms with Crippen molar-refractivity contribution in [2.24, 2.45) is 0 Å². The van der Waals surface area contributed by atoms with Crippen molar-refractivity contribution in [1.29, 1.82) is 0 Å². The van der Waals surface area contributed by atoms with Crippen LogP contribution in [0.4, 0.5) is 0 Å². The molecule has 94 valence electrons. The summed E-state index contributed by atoms with van der Waals surface area (Å²) in [5, 5.41) is 7.55. The third-order valence-corrected chi connectivity index (χ3v) is 3.53. The largest absolute Gasteiger partial charge is 0.357 e. The number of carbonyl (C=O) groups is 1. The van der Waals surface area contributed by atoms with Gasteiger partial charge in [-0.2, -0.15) is 0 Å². The maximum Gasteiger partial charge on any atom is 0.237 e. The average molecular weight is 243 g/mol. The first-order valence-electron chi connectivity index (χ1n) is 6.39. The van der Waals surface area contributed by atoms with E-state index in [9.17, 15) is 4.79 Å². The highest BCUT2D eigenvalue weighted by atomic mass is 16.2. The molecular weight excluding hydrogens is 226 g/mol. The minimum absolute atomic E-state index is 0.0878. The Morgan fingerprint density at radius 3 is 2.94 bits per heavy atom. The number of benzene rings is 1. The summed E-state index contributed by atoms with van der Waals surface area (Å²) in [6, 6.07) is 10.4.